The number of rotatable bonds is 0. The van der Waals surface area contributed by atoms with E-state index in [1.807, 2.05) is 0 Å². The van der Waals surface area contributed by atoms with Crippen molar-refractivity contribution < 1.29 is 4.74 Å². The molecule has 0 radical (unpaired) electrons. The maximum absolute atomic E-state index is 5.38. The molecule has 0 aromatic carbocycles. The Morgan fingerprint density at radius 1 is 1.36 bits per heavy atom. The molecule has 11 heavy (non-hydrogen) atoms. The Balaban J connectivity index is 2.29. The van der Waals surface area contributed by atoms with Gasteiger partial charge in [0.25, 0.3) is 0 Å². The van der Waals surface area contributed by atoms with Gasteiger partial charge in [0, 0.05) is 0 Å². The van der Waals surface area contributed by atoms with E-state index < -0.39 is 0 Å². The fourth-order valence-electron chi connectivity index (χ4n) is 1.89. The van der Waals surface area contributed by atoms with Gasteiger partial charge in [0.15, 0.2) is 0 Å². The summed E-state index contributed by atoms with van der Waals surface area (Å²) in [7, 11) is 0. The van der Waals surface area contributed by atoms with Gasteiger partial charge in [0.1, 0.15) is 0 Å². The van der Waals surface area contributed by atoms with Crippen molar-refractivity contribution in [3.05, 3.63) is 22.8 Å². The highest BCUT2D eigenvalue weighted by Gasteiger charge is 2.16. The lowest BCUT2D eigenvalue weighted by atomic mass is 9.89. The van der Waals surface area contributed by atoms with Crippen LogP contribution in [0, 0.1) is 0 Å². The maximum atomic E-state index is 5.38. The van der Waals surface area contributed by atoms with Gasteiger partial charge >= 0.3 is 0 Å². The van der Waals surface area contributed by atoms with Gasteiger partial charge < -0.3 is 4.74 Å². The molecule has 0 bridgehead atoms. The molecule has 1 saturated heterocycles. The van der Waals surface area contributed by atoms with Crippen LogP contribution in [0.2, 0.25) is 0 Å². The topological polar surface area (TPSA) is 9.23 Å². The second-order valence-corrected chi connectivity index (χ2v) is 3.33. The quantitative estimate of drug-likeness (QED) is 0.515. The lowest BCUT2D eigenvalue weighted by Crippen LogP contribution is -2.14. The zero-order valence-electron chi connectivity index (χ0n) is 7.02. The Labute approximate surface area is 67.7 Å². The molecule has 1 aliphatic heterocycles. The number of fused-ring (bicyclic) bond motifs is 1. The summed E-state index contributed by atoms with van der Waals surface area (Å²) < 4.78 is 5.38. The molecule has 0 aromatic rings. The van der Waals surface area contributed by atoms with Gasteiger partial charge in [0.05, 0.1) is 13.2 Å². The van der Waals surface area contributed by atoms with E-state index in [-0.39, 0.29) is 0 Å². The lowest BCUT2D eigenvalue weighted by molar-refractivity contribution is 0.144. The minimum absolute atomic E-state index is 0.854. The zero-order chi connectivity index (χ0) is 7.68. The predicted octanol–water partition coefficient (Wildman–Crippen LogP) is 2.44. The first kappa shape index (κ1) is 7.11. The standard InChI is InChI=1S/C10H14O/c1-8-3-2-4-9-7-11-6-5-10(8)9/h4H,2-3,5-7H2,1H3. The smallest absolute Gasteiger partial charge is 0.0716 e. The highest BCUT2D eigenvalue weighted by atomic mass is 16.5. The van der Waals surface area contributed by atoms with Crippen molar-refractivity contribution in [1.29, 1.82) is 0 Å². The normalized spacial score (nSPS) is 24.6. The fraction of sp³-hybridized carbons (Fsp3) is 0.600. The summed E-state index contributed by atoms with van der Waals surface area (Å²) in [6, 6.07) is 0. The van der Waals surface area contributed by atoms with E-state index in [1.54, 1.807) is 11.1 Å². The summed E-state index contributed by atoms with van der Waals surface area (Å²) in [5.74, 6) is 0. The van der Waals surface area contributed by atoms with Gasteiger partial charge in [-0.05, 0) is 37.3 Å². The lowest BCUT2D eigenvalue weighted by Gasteiger charge is -2.24. The van der Waals surface area contributed by atoms with E-state index in [9.17, 15) is 0 Å². The van der Waals surface area contributed by atoms with Crippen LogP contribution in [0.25, 0.3) is 0 Å². The van der Waals surface area contributed by atoms with Crippen molar-refractivity contribution in [2.45, 2.75) is 26.2 Å². The Hall–Kier alpha value is -0.560. The minimum atomic E-state index is 0.854. The first-order valence-corrected chi connectivity index (χ1v) is 4.33. The fourth-order valence-corrected chi connectivity index (χ4v) is 1.89. The van der Waals surface area contributed by atoms with Crippen LogP contribution in [0.4, 0.5) is 0 Å². The van der Waals surface area contributed by atoms with E-state index in [4.69, 9.17) is 4.74 Å². The van der Waals surface area contributed by atoms with Crippen molar-refractivity contribution in [2.24, 2.45) is 0 Å². The van der Waals surface area contributed by atoms with Crippen molar-refractivity contribution >= 4 is 0 Å². The Morgan fingerprint density at radius 2 is 2.27 bits per heavy atom. The van der Waals surface area contributed by atoms with Crippen molar-refractivity contribution in [2.75, 3.05) is 13.2 Å². The second-order valence-electron chi connectivity index (χ2n) is 3.33. The average molecular weight is 150 g/mol. The van der Waals surface area contributed by atoms with E-state index in [2.05, 4.69) is 13.0 Å². The summed E-state index contributed by atoms with van der Waals surface area (Å²) in [5, 5.41) is 0. The van der Waals surface area contributed by atoms with Crippen molar-refractivity contribution in [3.8, 4) is 0 Å². The number of hydrogen-bond acceptors (Lipinski definition) is 1. The summed E-state index contributed by atoms with van der Waals surface area (Å²) in [4.78, 5) is 0. The van der Waals surface area contributed by atoms with E-state index in [0.717, 1.165) is 19.6 Å². The molecule has 1 heteroatoms. The Kier molecular flexibility index (Phi) is 1.82. The molecule has 0 atom stereocenters. The van der Waals surface area contributed by atoms with Gasteiger partial charge in [-0.15, -0.1) is 0 Å². The molecule has 1 fully saturated rings. The summed E-state index contributed by atoms with van der Waals surface area (Å²) in [5.41, 5.74) is 4.63. The van der Waals surface area contributed by atoms with E-state index in [1.165, 1.54) is 18.4 Å². The predicted molar refractivity (Wildman–Crippen MR) is 45.5 cm³/mol. The molecular weight excluding hydrogens is 136 g/mol. The Morgan fingerprint density at radius 3 is 3.09 bits per heavy atom. The monoisotopic (exact) mass is 150 g/mol. The van der Waals surface area contributed by atoms with Crippen molar-refractivity contribution in [3.63, 3.8) is 0 Å². The van der Waals surface area contributed by atoms with Gasteiger partial charge in [-0.1, -0.05) is 11.6 Å². The zero-order valence-corrected chi connectivity index (χ0v) is 7.02. The molecule has 2 aliphatic rings. The molecular formula is C10H14O. The van der Waals surface area contributed by atoms with Gasteiger partial charge in [-0.2, -0.15) is 0 Å². The van der Waals surface area contributed by atoms with Crippen LogP contribution < -0.4 is 0 Å². The highest BCUT2D eigenvalue weighted by Crippen LogP contribution is 2.30. The van der Waals surface area contributed by atoms with Crippen LogP contribution in [-0.2, 0) is 4.74 Å². The third kappa shape index (κ3) is 1.25. The van der Waals surface area contributed by atoms with Gasteiger partial charge in [0.2, 0.25) is 0 Å². The Bertz CT molecular complexity index is 223. The molecule has 0 unspecified atom stereocenters. The summed E-state index contributed by atoms with van der Waals surface area (Å²) >= 11 is 0. The largest absolute Gasteiger partial charge is 0.376 e. The van der Waals surface area contributed by atoms with Crippen LogP contribution in [0.1, 0.15) is 26.2 Å². The molecule has 0 saturated carbocycles. The third-order valence-electron chi connectivity index (χ3n) is 2.57. The van der Waals surface area contributed by atoms with Gasteiger partial charge in [-0.25, -0.2) is 0 Å². The first-order valence-electron chi connectivity index (χ1n) is 4.33. The molecule has 1 heterocycles. The van der Waals surface area contributed by atoms with E-state index >= 15 is 0 Å². The second kappa shape index (κ2) is 2.82. The average Bonchev–Trinajstić information content (AvgIpc) is 2.06. The molecule has 2 rings (SSSR count). The van der Waals surface area contributed by atoms with Crippen LogP contribution in [0.3, 0.4) is 0 Å². The third-order valence-corrected chi connectivity index (χ3v) is 2.57. The maximum Gasteiger partial charge on any atom is 0.0716 e. The molecule has 0 N–H and O–H groups in total. The van der Waals surface area contributed by atoms with Crippen molar-refractivity contribution in [1.82, 2.24) is 0 Å². The van der Waals surface area contributed by atoms with Crippen LogP contribution in [0.5, 0.6) is 0 Å². The molecule has 0 amide bonds. The van der Waals surface area contributed by atoms with Crippen LogP contribution in [-0.4, -0.2) is 13.2 Å². The number of hydrogen-bond donors (Lipinski definition) is 0. The van der Waals surface area contributed by atoms with Crippen LogP contribution >= 0.6 is 0 Å². The molecule has 0 spiro atoms. The minimum Gasteiger partial charge on any atom is -0.376 e. The molecule has 1 aliphatic carbocycles. The molecule has 60 valence electrons. The summed E-state index contributed by atoms with van der Waals surface area (Å²) in [6.45, 7) is 4.03. The van der Waals surface area contributed by atoms with E-state index in [0.29, 0.717) is 0 Å². The SMILES string of the molecule is CC1=C2CCOCC2=CCC1. The number of ether oxygens (including phenoxy) is 1. The number of allylic oxidation sites excluding steroid dienone is 2. The molecule has 0 aromatic heterocycles. The first-order chi connectivity index (χ1) is 5.38. The summed E-state index contributed by atoms with van der Waals surface area (Å²) in [6.07, 6.45) is 5.95. The highest BCUT2D eigenvalue weighted by molar-refractivity contribution is 5.39. The molecule has 1 nitrogen and oxygen atoms in total. The van der Waals surface area contributed by atoms with Crippen LogP contribution in [0.15, 0.2) is 22.8 Å². The van der Waals surface area contributed by atoms with Gasteiger partial charge in [-0.3, -0.25) is 0 Å².